The van der Waals surface area contributed by atoms with E-state index in [9.17, 15) is 24.9 Å². The van der Waals surface area contributed by atoms with Crippen LogP contribution in [0.25, 0.3) is 11.2 Å². The number of nitrogens with two attached hydrogens (primary N) is 1. The first-order valence-corrected chi connectivity index (χ1v) is 9.73. The first-order chi connectivity index (χ1) is 14.3. The lowest BCUT2D eigenvalue weighted by Crippen LogP contribution is -2.52. The van der Waals surface area contributed by atoms with Gasteiger partial charge in [-0.15, -0.1) is 0 Å². The number of fused-ring (bicyclic) bond motifs is 1. The highest BCUT2D eigenvalue weighted by Crippen LogP contribution is 2.39. The number of ether oxygens (including phenoxy) is 1. The van der Waals surface area contributed by atoms with E-state index in [1.807, 2.05) is 0 Å². The molecule has 0 radical (unpaired) electrons. The average Bonchev–Trinajstić information content (AvgIpc) is 3.24. The highest BCUT2D eigenvalue weighted by Gasteiger charge is 2.60. The van der Waals surface area contributed by atoms with Crippen LogP contribution in [-0.2, 0) is 21.7 Å². The average molecular weight is 480 g/mol. The fourth-order valence-corrected chi connectivity index (χ4v) is 3.86. The van der Waals surface area contributed by atoms with E-state index in [2.05, 4.69) is 30.9 Å². The summed E-state index contributed by atoms with van der Waals surface area (Å²) >= 11 is 3.32. The monoisotopic (exact) mass is 479 g/mol. The van der Waals surface area contributed by atoms with Gasteiger partial charge in [-0.05, 0) is 17.7 Å². The lowest BCUT2D eigenvalue weighted by atomic mass is 9.93. The quantitative estimate of drug-likeness (QED) is 0.308. The van der Waals surface area contributed by atoms with Crippen LogP contribution in [0.15, 0.2) is 39.9 Å². The van der Waals surface area contributed by atoms with Crippen molar-refractivity contribution in [1.29, 1.82) is 0 Å². The molecular weight excluding hydrogens is 462 g/mol. The molecule has 12 heteroatoms. The first kappa shape index (κ1) is 20.6. The highest BCUT2D eigenvalue weighted by atomic mass is 79.9. The smallest absolute Gasteiger partial charge is 0.280 e. The third-order valence-corrected chi connectivity index (χ3v) is 5.61. The van der Waals surface area contributed by atoms with Gasteiger partial charge in [0.25, 0.3) is 5.56 Å². The highest BCUT2D eigenvalue weighted by molar-refractivity contribution is 9.10. The Kier molecular flexibility index (Phi) is 5.20. The van der Waals surface area contributed by atoms with Gasteiger partial charge in [-0.3, -0.25) is 19.1 Å². The van der Waals surface area contributed by atoms with Crippen LogP contribution in [0.5, 0.6) is 0 Å². The number of aromatic amines is 1. The van der Waals surface area contributed by atoms with Crippen molar-refractivity contribution in [2.75, 3.05) is 12.3 Å². The molecule has 0 aliphatic carbocycles. The topological polar surface area (TPSA) is 177 Å². The number of rotatable bonds is 5. The summed E-state index contributed by atoms with van der Waals surface area (Å²) in [7, 11) is 0. The number of hydrogen-bond acceptors (Lipinski definition) is 9. The van der Waals surface area contributed by atoms with Crippen molar-refractivity contribution in [2.45, 2.75) is 30.5 Å². The second-order valence-electron chi connectivity index (χ2n) is 6.94. The van der Waals surface area contributed by atoms with Crippen LogP contribution in [0, 0.1) is 0 Å². The van der Waals surface area contributed by atoms with E-state index in [0.29, 0.717) is 5.56 Å². The standard InChI is InChI=1S/C18H18BrN5O6/c19-9-3-1-8(2-4-9)5-11(26)18(14(28)13(27)10(6-25)30-18)24-7-21-12-15(24)22-17(20)23-16(12)29/h1-4,7,10,13-14,25,27-28H,5-6H2,(H3,20,22,23,29)/t10-,13-,14-,18-/m1/s1. The van der Waals surface area contributed by atoms with E-state index in [1.165, 1.54) is 0 Å². The second-order valence-corrected chi connectivity index (χ2v) is 7.85. The molecular formula is C18H18BrN5O6. The van der Waals surface area contributed by atoms with Gasteiger partial charge < -0.3 is 25.8 Å². The molecule has 1 aromatic carbocycles. The van der Waals surface area contributed by atoms with Crippen LogP contribution in [0.1, 0.15) is 5.56 Å². The molecule has 0 unspecified atom stereocenters. The van der Waals surface area contributed by atoms with Crippen molar-refractivity contribution in [3.05, 3.63) is 51.0 Å². The summed E-state index contributed by atoms with van der Waals surface area (Å²) in [6.07, 6.45) is -3.64. The number of ketones is 1. The SMILES string of the molecule is Nc1nc2c(ncn2[C@]2(C(=O)Cc3ccc(Br)cc3)O[C@H](CO)[C@@H](O)[C@H]2O)c(=O)[nH]1. The number of aliphatic hydroxyl groups is 3. The number of imidazole rings is 1. The molecule has 2 aromatic heterocycles. The normalized spacial score (nSPS) is 26.3. The van der Waals surface area contributed by atoms with E-state index < -0.39 is 42.0 Å². The summed E-state index contributed by atoms with van der Waals surface area (Å²) < 4.78 is 7.64. The molecule has 6 N–H and O–H groups in total. The molecule has 0 spiro atoms. The summed E-state index contributed by atoms with van der Waals surface area (Å²) in [6.45, 7) is -0.645. The van der Waals surface area contributed by atoms with Crippen LogP contribution in [0.2, 0.25) is 0 Å². The number of anilines is 1. The maximum Gasteiger partial charge on any atom is 0.280 e. The van der Waals surface area contributed by atoms with E-state index in [-0.39, 0.29) is 23.5 Å². The molecule has 1 saturated heterocycles. The summed E-state index contributed by atoms with van der Waals surface area (Å²) in [5.41, 5.74) is 3.20. The van der Waals surface area contributed by atoms with Gasteiger partial charge in [0.1, 0.15) is 24.6 Å². The predicted molar refractivity (Wildman–Crippen MR) is 107 cm³/mol. The van der Waals surface area contributed by atoms with Crippen molar-refractivity contribution in [3.8, 4) is 0 Å². The number of hydrogen-bond donors (Lipinski definition) is 5. The number of aliphatic hydroxyl groups excluding tert-OH is 3. The minimum Gasteiger partial charge on any atom is -0.394 e. The number of H-pyrrole nitrogens is 1. The molecule has 1 aliphatic rings. The van der Waals surface area contributed by atoms with E-state index in [1.54, 1.807) is 24.3 Å². The summed E-state index contributed by atoms with van der Waals surface area (Å²) in [6, 6.07) is 6.93. The predicted octanol–water partition coefficient (Wildman–Crippen LogP) is -0.958. The minimum atomic E-state index is -2.18. The number of nitrogens with one attached hydrogen (secondary N) is 1. The van der Waals surface area contributed by atoms with E-state index >= 15 is 0 Å². The Morgan fingerprint density at radius 1 is 1.33 bits per heavy atom. The fourth-order valence-electron chi connectivity index (χ4n) is 3.60. The summed E-state index contributed by atoms with van der Waals surface area (Å²) in [5.74, 6) is -0.858. The van der Waals surface area contributed by atoms with E-state index in [4.69, 9.17) is 10.5 Å². The lowest BCUT2D eigenvalue weighted by Gasteiger charge is -2.32. The largest absolute Gasteiger partial charge is 0.394 e. The Hall–Kier alpha value is -2.64. The van der Waals surface area contributed by atoms with E-state index in [0.717, 1.165) is 15.4 Å². The second kappa shape index (κ2) is 7.56. The Morgan fingerprint density at radius 2 is 2.03 bits per heavy atom. The lowest BCUT2D eigenvalue weighted by molar-refractivity contribution is -0.173. The van der Waals surface area contributed by atoms with Gasteiger partial charge >= 0.3 is 0 Å². The molecule has 1 fully saturated rings. The Balaban J connectivity index is 1.88. The van der Waals surface area contributed by atoms with Crippen LogP contribution >= 0.6 is 15.9 Å². The summed E-state index contributed by atoms with van der Waals surface area (Å²) in [5, 5.41) is 30.8. The molecule has 3 heterocycles. The number of aromatic nitrogens is 4. The molecule has 0 bridgehead atoms. The molecule has 11 nitrogen and oxygen atoms in total. The molecule has 0 amide bonds. The third-order valence-electron chi connectivity index (χ3n) is 5.08. The number of carbonyl (C=O) groups is 1. The zero-order chi connectivity index (χ0) is 21.6. The molecule has 0 saturated carbocycles. The van der Waals surface area contributed by atoms with Gasteiger partial charge in [0, 0.05) is 10.9 Å². The van der Waals surface area contributed by atoms with Crippen molar-refractivity contribution in [1.82, 2.24) is 19.5 Å². The zero-order valence-electron chi connectivity index (χ0n) is 15.4. The number of halogens is 1. The van der Waals surface area contributed by atoms with Gasteiger partial charge in [-0.1, -0.05) is 28.1 Å². The van der Waals surface area contributed by atoms with Gasteiger partial charge in [0.05, 0.1) is 6.61 Å². The van der Waals surface area contributed by atoms with Crippen molar-refractivity contribution in [3.63, 3.8) is 0 Å². The van der Waals surface area contributed by atoms with Gasteiger partial charge in [0.2, 0.25) is 11.7 Å². The molecule has 4 atom stereocenters. The molecule has 158 valence electrons. The van der Waals surface area contributed by atoms with Crippen LogP contribution in [0.3, 0.4) is 0 Å². The zero-order valence-corrected chi connectivity index (χ0v) is 17.0. The number of benzene rings is 1. The first-order valence-electron chi connectivity index (χ1n) is 8.93. The third kappa shape index (κ3) is 3.13. The van der Waals surface area contributed by atoms with Crippen LogP contribution in [0.4, 0.5) is 5.95 Å². The van der Waals surface area contributed by atoms with Gasteiger partial charge in [-0.25, -0.2) is 4.98 Å². The number of carbonyl (C=O) groups excluding carboxylic acids is 1. The number of nitrogen functional groups attached to an aromatic ring is 1. The number of nitrogens with zero attached hydrogens (tertiary/aromatic N) is 3. The minimum absolute atomic E-state index is 0.106. The van der Waals surface area contributed by atoms with Crippen LogP contribution in [-0.4, -0.2) is 65.5 Å². The summed E-state index contributed by atoms with van der Waals surface area (Å²) in [4.78, 5) is 35.9. The van der Waals surface area contributed by atoms with Crippen molar-refractivity contribution in [2.24, 2.45) is 0 Å². The molecule has 4 rings (SSSR count). The van der Waals surface area contributed by atoms with Gasteiger partial charge in [0.15, 0.2) is 16.9 Å². The van der Waals surface area contributed by atoms with Crippen LogP contribution < -0.4 is 11.3 Å². The van der Waals surface area contributed by atoms with Gasteiger partial charge in [-0.2, -0.15) is 4.98 Å². The molecule has 3 aromatic rings. The Labute approximate surface area is 177 Å². The van der Waals surface area contributed by atoms with Crippen molar-refractivity contribution >= 4 is 38.8 Å². The molecule has 1 aliphatic heterocycles. The molecule has 30 heavy (non-hydrogen) atoms. The maximum atomic E-state index is 13.5. The fraction of sp³-hybridized carbons (Fsp3) is 0.333. The maximum absolute atomic E-state index is 13.5. The Bertz CT molecular complexity index is 1160. The number of Topliss-reactive ketones (excluding diaryl/α,β-unsaturated/α-hetero) is 1. The van der Waals surface area contributed by atoms with Crippen molar-refractivity contribution < 1.29 is 24.9 Å². The Morgan fingerprint density at radius 3 is 2.67 bits per heavy atom.